The first-order chi connectivity index (χ1) is 13.6. The molecule has 2 heterocycles. The van der Waals surface area contributed by atoms with Crippen molar-refractivity contribution in [2.24, 2.45) is 0 Å². The van der Waals surface area contributed by atoms with Gasteiger partial charge in [0.25, 0.3) is 0 Å². The van der Waals surface area contributed by atoms with Gasteiger partial charge in [-0.2, -0.15) is 0 Å². The number of aromatic nitrogens is 2. The zero-order chi connectivity index (χ0) is 19.5. The molecule has 0 amide bonds. The van der Waals surface area contributed by atoms with Gasteiger partial charge in [0.05, 0.1) is 10.7 Å². The minimum absolute atomic E-state index is 0.0891. The summed E-state index contributed by atoms with van der Waals surface area (Å²) in [5, 5.41) is 3.46. The van der Waals surface area contributed by atoms with Crippen molar-refractivity contribution in [3.63, 3.8) is 0 Å². The average Bonchev–Trinajstić information content (AvgIpc) is 2.72. The number of anilines is 2. The Morgan fingerprint density at radius 1 is 0.964 bits per heavy atom. The third kappa shape index (κ3) is 3.92. The normalized spacial score (nSPS) is 14.9. The monoisotopic (exact) mass is 400 g/mol. The second-order valence-corrected chi connectivity index (χ2v) is 7.16. The van der Waals surface area contributed by atoms with Crippen LogP contribution in [0.2, 0.25) is 5.02 Å². The van der Waals surface area contributed by atoms with Gasteiger partial charge in [-0.1, -0.05) is 29.8 Å². The summed E-state index contributed by atoms with van der Waals surface area (Å²) in [6.07, 6.45) is 5.06. The fraction of sp³-hybridized carbons (Fsp3) is 0.238. The SMILES string of the molecule is Fc1ccccc1-c1cc(F)c(NC2CCN(c3ncccn3)CC2)c(Cl)c1. The number of nitrogens with one attached hydrogen (secondary N) is 1. The van der Waals surface area contributed by atoms with Crippen LogP contribution >= 0.6 is 11.6 Å². The van der Waals surface area contributed by atoms with Crippen molar-refractivity contribution >= 4 is 23.2 Å². The summed E-state index contributed by atoms with van der Waals surface area (Å²) in [7, 11) is 0. The van der Waals surface area contributed by atoms with Crippen molar-refractivity contribution in [3.8, 4) is 11.1 Å². The molecule has 0 atom stereocenters. The summed E-state index contributed by atoms with van der Waals surface area (Å²) in [5.74, 6) is -0.187. The van der Waals surface area contributed by atoms with Gasteiger partial charge >= 0.3 is 0 Å². The lowest BCUT2D eigenvalue weighted by Gasteiger charge is -2.33. The van der Waals surface area contributed by atoms with E-state index in [2.05, 4.69) is 20.2 Å². The standard InChI is InChI=1S/C21H19ClF2N4/c22-17-12-14(16-4-1-2-5-18(16)23)13-19(24)20(17)27-15-6-10-28(11-7-15)21-25-8-3-9-26-21/h1-5,8-9,12-13,15,27H,6-7,10-11H2. The van der Waals surface area contributed by atoms with Crippen molar-refractivity contribution < 1.29 is 8.78 Å². The molecule has 7 heteroatoms. The molecule has 1 saturated heterocycles. The first-order valence-electron chi connectivity index (χ1n) is 9.14. The Bertz CT molecular complexity index is 937. The van der Waals surface area contributed by atoms with Crippen LogP contribution in [0.1, 0.15) is 12.8 Å². The van der Waals surface area contributed by atoms with Crippen LogP contribution in [0.5, 0.6) is 0 Å². The molecule has 4 rings (SSSR count). The van der Waals surface area contributed by atoms with E-state index in [1.54, 1.807) is 42.7 Å². The molecule has 0 bridgehead atoms. The van der Waals surface area contributed by atoms with Gasteiger partial charge < -0.3 is 10.2 Å². The van der Waals surface area contributed by atoms with Crippen LogP contribution in [0.15, 0.2) is 54.9 Å². The lowest BCUT2D eigenvalue weighted by molar-refractivity contribution is 0.516. The second-order valence-electron chi connectivity index (χ2n) is 6.75. The van der Waals surface area contributed by atoms with E-state index in [1.807, 2.05) is 0 Å². The highest BCUT2D eigenvalue weighted by Gasteiger charge is 2.23. The molecule has 144 valence electrons. The minimum Gasteiger partial charge on any atom is -0.379 e. The Balaban J connectivity index is 1.46. The lowest BCUT2D eigenvalue weighted by atomic mass is 10.0. The van der Waals surface area contributed by atoms with Crippen molar-refractivity contribution in [2.45, 2.75) is 18.9 Å². The highest BCUT2D eigenvalue weighted by molar-refractivity contribution is 6.33. The van der Waals surface area contributed by atoms with Crippen molar-refractivity contribution in [2.75, 3.05) is 23.3 Å². The Labute approximate surface area is 167 Å². The van der Waals surface area contributed by atoms with Crippen LogP contribution in [0.25, 0.3) is 11.1 Å². The quantitative estimate of drug-likeness (QED) is 0.657. The largest absolute Gasteiger partial charge is 0.379 e. The van der Waals surface area contributed by atoms with Gasteiger partial charge in [-0.3, -0.25) is 0 Å². The topological polar surface area (TPSA) is 41.0 Å². The van der Waals surface area contributed by atoms with Gasteiger partial charge in [-0.25, -0.2) is 18.7 Å². The zero-order valence-electron chi connectivity index (χ0n) is 15.1. The Kier molecular flexibility index (Phi) is 5.39. The molecule has 0 aliphatic carbocycles. The van der Waals surface area contributed by atoms with Gasteiger partial charge in [0.2, 0.25) is 5.95 Å². The van der Waals surface area contributed by atoms with Gasteiger partial charge in [0.15, 0.2) is 0 Å². The predicted octanol–water partition coefficient (Wildman–Crippen LogP) is 5.16. The number of benzene rings is 2. The van der Waals surface area contributed by atoms with E-state index < -0.39 is 11.6 Å². The average molecular weight is 401 g/mol. The van der Waals surface area contributed by atoms with Crippen LogP contribution in [-0.4, -0.2) is 29.1 Å². The van der Waals surface area contributed by atoms with Gasteiger partial charge in [0.1, 0.15) is 11.6 Å². The molecule has 1 aliphatic heterocycles. The molecule has 4 nitrogen and oxygen atoms in total. The van der Waals surface area contributed by atoms with Gasteiger partial charge in [-0.15, -0.1) is 0 Å². The zero-order valence-corrected chi connectivity index (χ0v) is 15.8. The first-order valence-corrected chi connectivity index (χ1v) is 9.52. The number of hydrogen-bond acceptors (Lipinski definition) is 4. The molecule has 1 aromatic heterocycles. The molecule has 1 aliphatic rings. The van der Waals surface area contributed by atoms with E-state index in [4.69, 9.17) is 11.6 Å². The molecule has 1 fully saturated rings. The third-order valence-electron chi connectivity index (χ3n) is 4.91. The maximum absolute atomic E-state index is 14.7. The maximum Gasteiger partial charge on any atom is 0.225 e. The fourth-order valence-corrected chi connectivity index (χ4v) is 3.71. The Morgan fingerprint density at radius 3 is 2.36 bits per heavy atom. The lowest BCUT2D eigenvalue weighted by Crippen LogP contribution is -2.40. The fourth-order valence-electron chi connectivity index (χ4n) is 3.44. The van der Waals surface area contributed by atoms with Crippen LogP contribution < -0.4 is 10.2 Å². The summed E-state index contributed by atoms with van der Waals surface area (Å²) in [6, 6.07) is 11.0. The highest BCUT2D eigenvalue weighted by atomic mass is 35.5. The summed E-state index contributed by atoms with van der Waals surface area (Å²) >= 11 is 6.33. The van der Waals surface area contributed by atoms with E-state index in [0.29, 0.717) is 17.1 Å². The van der Waals surface area contributed by atoms with Gasteiger partial charge in [-0.05, 0) is 42.7 Å². The first kappa shape index (κ1) is 18.6. The van der Waals surface area contributed by atoms with E-state index >= 15 is 0 Å². The van der Waals surface area contributed by atoms with Crippen LogP contribution in [-0.2, 0) is 0 Å². The Hall–Kier alpha value is -2.73. The van der Waals surface area contributed by atoms with Crippen LogP contribution in [0, 0.1) is 11.6 Å². The third-order valence-corrected chi connectivity index (χ3v) is 5.20. The number of rotatable bonds is 4. The molecule has 0 unspecified atom stereocenters. The van der Waals surface area contributed by atoms with Crippen molar-refractivity contribution in [1.82, 2.24) is 9.97 Å². The van der Waals surface area contributed by atoms with Crippen molar-refractivity contribution in [3.05, 3.63) is 71.5 Å². The minimum atomic E-state index is -0.487. The summed E-state index contributed by atoms with van der Waals surface area (Å²) in [6.45, 7) is 1.54. The number of piperidine rings is 1. The molecule has 0 spiro atoms. The molecule has 3 aromatic rings. The summed E-state index contributed by atoms with van der Waals surface area (Å²) in [5.41, 5.74) is 1.00. The molecular formula is C21H19ClF2N4. The number of halogens is 3. The van der Waals surface area contributed by atoms with Crippen LogP contribution in [0.3, 0.4) is 0 Å². The molecule has 2 aromatic carbocycles. The molecule has 1 N–H and O–H groups in total. The predicted molar refractivity (Wildman–Crippen MR) is 108 cm³/mol. The maximum atomic E-state index is 14.7. The van der Waals surface area contributed by atoms with Crippen LogP contribution in [0.4, 0.5) is 20.4 Å². The number of hydrogen-bond donors (Lipinski definition) is 1. The number of nitrogens with zero attached hydrogens (tertiary/aromatic N) is 3. The van der Waals surface area contributed by atoms with E-state index in [1.165, 1.54) is 12.1 Å². The molecular weight excluding hydrogens is 382 g/mol. The summed E-state index contributed by atoms with van der Waals surface area (Å²) < 4.78 is 28.7. The van der Waals surface area contributed by atoms with E-state index in [0.717, 1.165) is 25.9 Å². The second kappa shape index (κ2) is 8.10. The highest BCUT2D eigenvalue weighted by Crippen LogP contribution is 2.34. The Morgan fingerprint density at radius 2 is 1.68 bits per heavy atom. The van der Waals surface area contributed by atoms with E-state index in [9.17, 15) is 8.78 Å². The molecule has 0 saturated carbocycles. The summed E-state index contributed by atoms with van der Waals surface area (Å²) in [4.78, 5) is 10.6. The molecule has 28 heavy (non-hydrogen) atoms. The van der Waals surface area contributed by atoms with Gasteiger partial charge in [0, 0.05) is 37.1 Å². The van der Waals surface area contributed by atoms with Crippen molar-refractivity contribution in [1.29, 1.82) is 0 Å². The smallest absolute Gasteiger partial charge is 0.225 e. The molecule has 0 radical (unpaired) electrons. The van der Waals surface area contributed by atoms with E-state index in [-0.39, 0.29) is 16.8 Å².